The molecule has 10 heteroatoms. The Morgan fingerprint density at radius 2 is 2.07 bits per heavy atom. The van der Waals surface area contributed by atoms with Crippen LogP contribution in [0.15, 0.2) is 53.1 Å². The lowest BCUT2D eigenvalue weighted by atomic mass is 10.0. The van der Waals surface area contributed by atoms with E-state index >= 15 is 0 Å². The van der Waals surface area contributed by atoms with E-state index in [1.165, 1.54) is 12.3 Å². The first-order chi connectivity index (χ1) is 14.2. The van der Waals surface area contributed by atoms with Crippen molar-refractivity contribution in [3.05, 3.63) is 65.7 Å². The number of rotatable bonds is 4. The van der Waals surface area contributed by atoms with Crippen LogP contribution in [0, 0.1) is 0 Å². The van der Waals surface area contributed by atoms with Crippen molar-refractivity contribution in [1.82, 2.24) is 9.78 Å². The minimum Gasteiger partial charge on any atom is -0.467 e. The van der Waals surface area contributed by atoms with E-state index in [1.807, 2.05) is 0 Å². The second-order valence-corrected chi connectivity index (χ2v) is 7.12. The van der Waals surface area contributed by atoms with Crippen LogP contribution < -0.4 is 10.6 Å². The second kappa shape index (κ2) is 7.52. The van der Waals surface area contributed by atoms with Crippen LogP contribution in [0.1, 0.15) is 53.3 Å². The van der Waals surface area contributed by atoms with Gasteiger partial charge in [-0.25, -0.2) is 4.68 Å². The quantitative estimate of drug-likeness (QED) is 0.580. The lowest BCUT2D eigenvalue weighted by Gasteiger charge is -2.32. The average Bonchev–Trinajstić information content (AvgIpc) is 3.36. The maximum absolute atomic E-state index is 13.7. The maximum Gasteiger partial charge on any atom is 0.410 e. The molecule has 0 aliphatic carbocycles. The van der Waals surface area contributed by atoms with Crippen LogP contribution in [0.4, 0.5) is 24.7 Å². The van der Waals surface area contributed by atoms with Gasteiger partial charge in [-0.3, -0.25) is 4.79 Å². The highest BCUT2D eigenvalue weighted by molar-refractivity contribution is 6.03. The van der Waals surface area contributed by atoms with Crippen molar-refractivity contribution in [2.45, 2.75) is 37.7 Å². The van der Waals surface area contributed by atoms with E-state index in [2.05, 4.69) is 15.7 Å². The molecule has 4 rings (SSSR count). The van der Waals surface area contributed by atoms with Gasteiger partial charge in [0.05, 0.1) is 18.4 Å². The third kappa shape index (κ3) is 3.90. The van der Waals surface area contributed by atoms with Crippen LogP contribution in [-0.4, -0.2) is 27.0 Å². The van der Waals surface area contributed by atoms with Gasteiger partial charge in [0.25, 0.3) is 5.91 Å². The highest BCUT2D eigenvalue weighted by Crippen LogP contribution is 2.43. The number of aromatic nitrogens is 2. The number of benzene rings is 1. The van der Waals surface area contributed by atoms with Gasteiger partial charge in [0, 0.05) is 18.2 Å². The number of aliphatic hydroxyl groups excluding tert-OH is 1. The molecular formula is C20H19F3N4O3. The number of aliphatic hydroxyl groups is 1. The number of nitrogens with zero attached hydrogens (tertiary/aromatic N) is 2. The van der Waals surface area contributed by atoms with E-state index in [1.54, 1.807) is 43.3 Å². The number of amides is 1. The maximum atomic E-state index is 13.7. The first-order valence-corrected chi connectivity index (χ1v) is 9.28. The number of carbonyl (C=O) groups excluding carboxylic acids is 1. The van der Waals surface area contributed by atoms with Crippen LogP contribution in [0.25, 0.3) is 0 Å². The summed E-state index contributed by atoms with van der Waals surface area (Å²) in [6.45, 7) is 1.61. The normalized spacial score (nSPS) is 19.6. The summed E-state index contributed by atoms with van der Waals surface area (Å²) in [5.41, 5.74) is 0.960. The molecule has 7 nitrogen and oxygen atoms in total. The molecule has 1 aliphatic heterocycles. The summed E-state index contributed by atoms with van der Waals surface area (Å²) in [5, 5.41) is 19.0. The van der Waals surface area contributed by atoms with Crippen LogP contribution in [0.2, 0.25) is 0 Å². The van der Waals surface area contributed by atoms with Crippen LogP contribution >= 0.6 is 0 Å². The topological polar surface area (TPSA) is 92.3 Å². The van der Waals surface area contributed by atoms with Gasteiger partial charge in [-0.15, -0.1) is 0 Å². The summed E-state index contributed by atoms with van der Waals surface area (Å²) < 4.78 is 47.0. The van der Waals surface area contributed by atoms with Crippen LogP contribution in [0.3, 0.4) is 0 Å². The number of anilines is 2. The van der Waals surface area contributed by atoms with Gasteiger partial charge in [-0.05, 0) is 36.8 Å². The third-order valence-electron chi connectivity index (χ3n) is 4.96. The number of nitrogens with one attached hydrogen (secondary N) is 2. The SMILES string of the molecule is C[C@@H](O)c1ccc(NC(=O)c2cc3n(n2)[C@@H](C(F)(F)F)C[C@H](c2ccco2)N3)cc1. The zero-order chi connectivity index (χ0) is 21.5. The van der Waals surface area contributed by atoms with Crippen molar-refractivity contribution in [3.63, 3.8) is 0 Å². The number of hydrogen-bond donors (Lipinski definition) is 3. The summed E-state index contributed by atoms with van der Waals surface area (Å²) in [6.07, 6.45) is -4.11. The van der Waals surface area contributed by atoms with E-state index in [9.17, 15) is 23.1 Å². The number of carbonyl (C=O) groups is 1. The molecule has 3 N–H and O–H groups in total. The second-order valence-electron chi connectivity index (χ2n) is 7.12. The highest BCUT2D eigenvalue weighted by atomic mass is 19.4. The first-order valence-electron chi connectivity index (χ1n) is 9.28. The molecule has 0 bridgehead atoms. The Bertz CT molecular complexity index is 1030. The van der Waals surface area contributed by atoms with Crippen LogP contribution in [0.5, 0.6) is 0 Å². The van der Waals surface area contributed by atoms with Crippen molar-refractivity contribution >= 4 is 17.4 Å². The molecule has 1 aromatic carbocycles. The van der Waals surface area contributed by atoms with Crippen LogP contribution in [-0.2, 0) is 0 Å². The Labute approximate surface area is 169 Å². The van der Waals surface area contributed by atoms with Gasteiger partial charge in [0.1, 0.15) is 11.6 Å². The molecule has 0 fully saturated rings. The highest BCUT2D eigenvalue weighted by Gasteiger charge is 2.47. The largest absolute Gasteiger partial charge is 0.467 e. The monoisotopic (exact) mass is 420 g/mol. The van der Waals surface area contributed by atoms with Crippen molar-refractivity contribution in [2.24, 2.45) is 0 Å². The number of hydrogen-bond acceptors (Lipinski definition) is 5. The van der Waals surface area contributed by atoms with Gasteiger partial charge >= 0.3 is 6.18 Å². The third-order valence-corrected chi connectivity index (χ3v) is 4.96. The molecule has 3 heterocycles. The summed E-state index contributed by atoms with van der Waals surface area (Å²) in [5.74, 6) is -0.181. The molecule has 0 saturated heterocycles. The molecule has 0 spiro atoms. The fraction of sp³-hybridized carbons (Fsp3) is 0.300. The summed E-state index contributed by atoms with van der Waals surface area (Å²) in [6, 6.07) is 8.39. The smallest absolute Gasteiger partial charge is 0.410 e. The summed E-state index contributed by atoms with van der Waals surface area (Å²) >= 11 is 0. The molecule has 3 atom stereocenters. The van der Waals surface area contributed by atoms with Crippen molar-refractivity contribution in [2.75, 3.05) is 10.6 Å². The van der Waals surface area contributed by atoms with Gasteiger partial charge in [-0.1, -0.05) is 12.1 Å². The zero-order valence-electron chi connectivity index (χ0n) is 15.8. The molecule has 1 aliphatic rings. The molecule has 0 saturated carbocycles. The van der Waals surface area contributed by atoms with E-state index in [0.29, 0.717) is 17.0 Å². The van der Waals surface area contributed by atoms with Gasteiger partial charge in [0.2, 0.25) is 0 Å². The Hall–Kier alpha value is -3.27. The number of furan rings is 1. The van der Waals surface area contributed by atoms with E-state index < -0.39 is 30.3 Å². The van der Waals surface area contributed by atoms with Gasteiger partial charge < -0.3 is 20.2 Å². The predicted molar refractivity (Wildman–Crippen MR) is 102 cm³/mol. The predicted octanol–water partition coefficient (Wildman–Crippen LogP) is 4.44. The summed E-state index contributed by atoms with van der Waals surface area (Å²) in [7, 11) is 0. The van der Waals surface area contributed by atoms with Gasteiger partial charge in [0.15, 0.2) is 11.7 Å². The minimum absolute atomic E-state index is 0.0829. The van der Waals surface area contributed by atoms with Crippen molar-refractivity contribution < 1.29 is 27.5 Å². The molecule has 0 radical (unpaired) electrons. The van der Waals surface area contributed by atoms with E-state index in [-0.39, 0.29) is 17.9 Å². The first kappa shape index (κ1) is 20.0. The van der Waals surface area contributed by atoms with E-state index in [4.69, 9.17) is 4.42 Å². The summed E-state index contributed by atoms with van der Waals surface area (Å²) in [4.78, 5) is 12.6. The minimum atomic E-state index is -4.54. The van der Waals surface area contributed by atoms with E-state index in [0.717, 1.165) is 4.68 Å². The number of alkyl halides is 3. The average molecular weight is 420 g/mol. The standard InChI is InChI=1S/C20H19F3N4O3/c1-11(28)12-4-6-13(7-5-12)24-19(29)15-10-18-25-14(16-3-2-8-30-16)9-17(20(21,22)23)27(18)26-15/h2-8,10-11,14,17,25,28H,9H2,1H3,(H,24,29)/t11-,14-,17-/m1/s1. The number of halogens is 3. The Kier molecular flexibility index (Phi) is 5.02. The van der Waals surface area contributed by atoms with Crippen molar-refractivity contribution in [1.29, 1.82) is 0 Å². The molecule has 158 valence electrons. The zero-order valence-corrected chi connectivity index (χ0v) is 15.8. The molecular weight excluding hydrogens is 401 g/mol. The fourth-order valence-corrected chi connectivity index (χ4v) is 3.40. The van der Waals surface area contributed by atoms with Gasteiger partial charge in [-0.2, -0.15) is 18.3 Å². The Balaban J connectivity index is 1.59. The molecule has 1 amide bonds. The molecule has 3 aromatic rings. The lowest BCUT2D eigenvalue weighted by molar-refractivity contribution is -0.174. The van der Waals surface area contributed by atoms with Crippen molar-refractivity contribution in [3.8, 4) is 0 Å². The molecule has 2 aromatic heterocycles. The fourth-order valence-electron chi connectivity index (χ4n) is 3.40. The Morgan fingerprint density at radius 3 is 2.67 bits per heavy atom. The number of fused-ring (bicyclic) bond motifs is 1. The lowest BCUT2D eigenvalue weighted by Crippen LogP contribution is -2.35. The molecule has 0 unspecified atom stereocenters. The Morgan fingerprint density at radius 1 is 1.33 bits per heavy atom. The molecule has 30 heavy (non-hydrogen) atoms.